The normalized spacial score (nSPS) is 14.0. The van der Waals surface area contributed by atoms with Crippen molar-refractivity contribution < 1.29 is 4.79 Å². The molecule has 1 aliphatic rings. The number of carbonyl (C=O) groups excluding carboxylic acids is 1. The van der Waals surface area contributed by atoms with Gasteiger partial charge >= 0.3 is 0 Å². The molecular formula is C30H28N6O3S. The molecule has 202 valence electrons. The van der Waals surface area contributed by atoms with E-state index in [1.54, 1.807) is 30.5 Å². The first-order valence-electron chi connectivity index (χ1n) is 13.1. The number of hydrogen-bond donors (Lipinski definition) is 4. The Hall–Kier alpha value is -4.54. The highest BCUT2D eigenvalue weighted by atomic mass is 32.1. The van der Waals surface area contributed by atoms with Gasteiger partial charge in [-0.2, -0.15) is 0 Å². The molecule has 0 unspecified atom stereocenters. The van der Waals surface area contributed by atoms with E-state index in [1.165, 1.54) is 11.3 Å². The fourth-order valence-electron chi connectivity index (χ4n) is 5.05. The molecule has 3 aromatic carbocycles. The third-order valence-electron chi connectivity index (χ3n) is 7.21. The van der Waals surface area contributed by atoms with E-state index in [-0.39, 0.29) is 17.6 Å². The molecule has 0 atom stereocenters. The SMILES string of the molecule is NC1CCN(c2c(Nc3cccc(NC(=O)c4sccc4NCc4ccnc5ccccc45)c3)c(=O)c2=O)CC1. The van der Waals surface area contributed by atoms with Crippen molar-refractivity contribution in [3.05, 3.63) is 103 Å². The van der Waals surface area contributed by atoms with Crippen molar-refractivity contribution in [2.24, 2.45) is 5.73 Å². The molecular weight excluding hydrogens is 524 g/mol. The Labute approximate surface area is 234 Å². The minimum atomic E-state index is -0.532. The van der Waals surface area contributed by atoms with Gasteiger partial charge in [0.15, 0.2) is 0 Å². The maximum atomic E-state index is 13.2. The van der Waals surface area contributed by atoms with Crippen LogP contribution < -0.4 is 37.4 Å². The highest BCUT2D eigenvalue weighted by molar-refractivity contribution is 7.12. The summed E-state index contributed by atoms with van der Waals surface area (Å²) in [5, 5.41) is 12.4. The molecule has 10 heteroatoms. The van der Waals surface area contributed by atoms with Crippen molar-refractivity contribution in [1.82, 2.24) is 4.98 Å². The van der Waals surface area contributed by atoms with Gasteiger partial charge in [0.25, 0.3) is 16.8 Å². The van der Waals surface area contributed by atoms with Crippen molar-refractivity contribution in [2.75, 3.05) is 33.9 Å². The van der Waals surface area contributed by atoms with Gasteiger partial charge < -0.3 is 26.6 Å². The largest absolute Gasteiger partial charge is 0.380 e. The average Bonchev–Trinajstić information content (AvgIpc) is 3.46. The molecule has 5 N–H and O–H groups in total. The molecule has 0 radical (unpaired) electrons. The summed E-state index contributed by atoms with van der Waals surface area (Å²) in [5.41, 5.74) is 9.63. The van der Waals surface area contributed by atoms with E-state index in [4.69, 9.17) is 5.73 Å². The summed E-state index contributed by atoms with van der Waals surface area (Å²) in [7, 11) is 0. The summed E-state index contributed by atoms with van der Waals surface area (Å²) in [4.78, 5) is 44.8. The monoisotopic (exact) mass is 552 g/mol. The van der Waals surface area contributed by atoms with Crippen molar-refractivity contribution >= 4 is 56.6 Å². The van der Waals surface area contributed by atoms with Gasteiger partial charge in [0.1, 0.15) is 16.3 Å². The van der Waals surface area contributed by atoms with Crippen LogP contribution >= 0.6 is 11.3 Å². The van der Waals surface area contributed by atoms with Gasteiger partial charge in [-0.15, -0.1) is 11.3 Å². The van der Waals surface area contributed by atoms with Gasteiger partial charge in [0.2, 0.25) is 0 Å². The van der Waals surface area contributed by atoms with Crippen LogP contribution in [0.5, 0.6) is 0 Å². The first kappa shape index (κ1) is 25.7. The number of hydrogen-bond acceptors (Lipinski definition) is 9. The smallest absolute Gasteiger partial charge is 0.267 e. The number of nitrogens with one attached hydrogen (secondary N) is 3. The van der Waals surface area contributed by atoms with Gasteiger partial charge in [-0.05, 0) is 60.2 Å². The van der Waals surface area contributed by atoms with E-state index in [0.29, 0.717) is 41.6 Å². The minimum absolute atomic E-state index is 0.119. The lowest BCUT2D eigenvalue weighted by molar-refractivity contribution is 0.103. The molecule has 1 fully saturated rings. The fourth-order valence-corrected chi connectivity index (χ4v) is 5.82. The maximum Gasteiger partial charge on any atom is 0.267 e. The fraction of sp³-hybridized carbons (Fsp3) is 0.200. The van der Waals surface area contributed by atoms with E-state index in [1.807, 2.05) is 46.7 Å². The molecule has 0 bridgehead atoms. The van der Waals surface area contributed by atoms with Crippen molar-refractivity contribution in [2.45, 2.75) is 25.4 Å². The molecule has 9 nitrogen and oxygen atoms in total. The first-order chi connectivity index (χ1) is 19.5. The summed E-state index contributed by atoms with van der Waals surface area (Å²) in [6.07, 6.45) is 3.34. The Morgan fingerprint density at radius 1 is 1.00 bits per heavy atom. The summed E-state index contributed by atoms with van der Waals surface area (Å²) in [6, 6.07) is 19.0. The third-order valence-corrected chi connectivity index (χ3v) is 8.12. The molecule has 6 rings (SSSR count). The molecule has 1 saturated heterocycles. The van der Waals surface area contributed by atoms with Crippen LogP contribution in [-0.2, 0) is 6.54 Å². The number of anilines is 5. The second-order valence-corrected chi connectivity index (χ2v) is 10.8. The average molecular weight is 553 g/mol. The number of nitrogens with two attached hydrogens (primary N) is 1. The second kappa shape index (κ2) is 10.9. The Morgan fingerprint density at radius 3 is 2.65 bits per heavy atom. The number of rotatable bonds is 8. The van der Waals surface area contributed by atoms with Gasteiger partial charge in [0.05, 0.1) is 11.2 Å². The number of amides is 1. The van der Waals surface area contributed by atoms with Gasteiger partial charge in [-0.1, -0.05) is 24.3 Å². The maximum absolute atomic E-state index is 13.2. The predicted octanol–water partition coefficient (Wildman–Crippen LogP) is 4.43. The molecule has 1 amide bonds. The number of benzene rings is 2. The zero-order valence-corrected chi connectivity index (χ0v) is 22.5. The summed E-state index contributed by atoms with van der Waals surface area (Å²) in [5.74, 6) is -0.242. The summed E-state index contributed by atoms with van der Waals surface area (Å²) >= 11 is 1.35. The molecule has 0 aliphatic carbocycles. The number of carbonyl (C=O) groups is 1. The van der Waals surface area contributed by atoms with Crippen LogP contribution in [0.1, 0.15) is 28.1 Å². The lowest BCUT2D eigenvalue weighted by Crippen LogP contribution is -2.47. The number of aromatic nitrogens is 1. The van der Waals surface area contributed by atoms with Crippen LogP contribution in [0.15, 0.2) is 81.8 Å². The standard InChI is InChI=1S/C30H28N6O3S/c31-19-9-13-36(14-10-19)26-25(27(37)28(26)38)34-20-4-3-5-21(16-20)35-30(39)29-24(11-15-40-29)33-17-18-8-12-32-23-7-2-1-6-22(18)23/h1-8,11-12,15-16,19,33-34H,9-10,13-14,17,31H2,(H,35,39). The Kier molecular flexibility index (Phi) is 7.02. The number of fused-ring (bicyclic) bond motifs is 1. The lowest BCUT2D eigenvalue weighted by atomic mass is 10.0. The van der Waals surface area contributed by atoms with Crippen LogP contribution in [0.4, 0.5) is 28.4 Å². The Morgan fingerprint density at radius 2 is 1.80 bits per heavy atom. The lowest BCUT2D eigenvalue weighted by Gasteiger charge is -2.33. The van der Waals surface area contributed by atoms with Crippen molar-refractivity contribution in [1.29, 1.82) is 0 Å². The number of para-hydroxylation sites is 1. The van der Waals surface area contributed by atoms with Gasteiger partial charge in [-0.25, -0.2) is 0 Å². The van der Waals surface area contributed by atoms with Crippen molar-refractivity contribution in [3.8, 4) is 0 Å². The van der Waals surface area contributed by atoms with E-state index >= 15 is 0 Å². The molecule has 2 aromatic heterocycles. The van der Waals surface area contributed by atoms with E-state index < -0.39 is 10.9 Å². The predicted molar refractivity (Wildman–Crippen MR) is 162 cm³/mol. The van der Waals surface area contributed by atoms with E-state index in [0.717, 1.165) is 35.0 Å². The number of piperidine rings is 1. The van der Waals surface area contributed by atoms with Crippen LogP contribution in [0.2, 0.25) is 0 Å². The molecule has 1 aliphatic heterocycles. The van der Waals surface area contributed by atoms with Crippen molar-refractivity contribution in [3.63, 3.8) is 0 Å². The molecule has 0 saturated carbocycles. The van der Waals surface area contributed by atoms with Gasteiger partial charge in [0, 0.05) is 48.6 Å². The molecule has 0 spiro atoms. The van der Waals surface area contributed by atoms with Gasteiger partial charge in [-0.3, -0.25) is 19.4 Å². The van der Waals surface area contributed by atoms with Crippen LogP contribution in [-0.4, -0.2) is 30.0 Å². The first-order valence-corrected chi connectivity index (χ1v) is 14.0. The zero-order valence-electron chi connectivity index (χ0n) is 21.6. The highest BCUT2D eigenvalue weighted by Crippen LogP contribution is 2.29. The summed E-state index contributed by atoms with van der Waals surface area (Å²) < 4.78 is 0. The van der Waals surface area contributed by atoms with E-state index in [9.17, 15) is 14.4 Å². The number of pyridine rings is 1. The Bertz CT molecular complexity index is 1760. The molecule has 5 aromatic rings. The van der Waals surface area contributed by atoms with Crippen LogP contribution in [0.3, 0.4) is 0 Å². The quantitative estimate of drug-likeness (QED) is 0.208. The van der Waals surface area contributed by atoms with E-state index in [2.05, 4.69) is 20.9 Å². The van der Waals surface area contributed by atoms with Crippen LogP contribution in [0, 0.1) is 0 Å². The zero-order chi connectivity index (χ0) is 27.6. The van der Waals surface area contributed by atoms with Crippen LogP contribution in [0.25, 0.3) is 10.9 Å². The second-order valence-electron chi connectivity index (χ2n) is 9.87. The molecule has 40 heavy (non-hydrogen) atoms. The topological polar surface area (TPSA) is 129 Å². The third kappa shape index (κ3) is 5.06. The molecule has 3 heterocycles. The number of thiophene rings is 1. The summed E-state index contributed by atoms with van der Waals surface area (Å²) in [6.45, 7) is 1.84. The Balaban J connectivity index is 1.14. The number of nitrogens with zero attached hydrogens (tertiary/aromatic N) is 2. The highest BCUT2D eigenvalue weighted by Gasteiger charge is 2.28. The minimum Gasteiger partial charge on any atom is -0.380 e.